The maximum atomic E-state index is 12.2. The summed E-state index contributed by atoms with van der Waals surface area (Å²) in [5.41, 5.74) is 0.0882. The fourth-order valence-electron chi connectivity index (χ4n) is 2.06. The van der Waals surface area contributed by atoms with Crippen molar-refractivity contribution in [1.82, 2.24) is 9.55 Å². The number of ketones is 1. The molecule has 0 saturated carbocycles. The number of aromatic nitrogens is 2. The molecule has 0 fully saturated rings. The summed E-state index contributed by atoms with van der Waals surface area (Å²) in [7, 11) is 1.42. The number of aromatic hydroxyl groups is 2. The zero-order valence-electron chi connectivity index (χ0n) is 11.2. The smallest absolute Gasteiger partial charge is 0.342 e. The molecule has 1 aliphatic rings. The molecule has 0 amide bonds. The van der Waals surface area contributed by atoms with Crippen molar-refractivity contribution >= 4 is 17.7 Å². The minimum absolute atomic E-state index is 0.0882. The Hall–Kier alpha value is -3.36. The lowest BCUT2D eigenvalue weighted by molar-refractivity contribution is -0.391. The van der Waals surface area contributed by atoms with E-state index in [1.165, 1.54) is 29.8 Å². The molecule has 1 aromatic heterocycles. The largest absolute Gasteiger partial charge is 0.504 e. The first-order valence-corrected chi connectivity index (χ1v) is 6.05. The van der Waals surface area contributed by atoms with Crippen LogP contribution in [-0.2, 0) is 7.05 Å². The van der Waals surface area contributed by atoms with Crippen molar-refractivity contribution in [2.45, 2.75) is 0 Å². The first-order valence-electron chi connectivity index (χ1n) is 6.05. The summed E-state index contributed by atoms with van der Waals surface area (Å²) < 4.78 is 6.42. The number of allylic oxidation sites excluding steroid dienone is 1. The van der Waals surface area contributed by atoms with Gasteiger partial charge < -0.3 is 25.1 Å². The Balaban J connectivity index is 2.03. The zero-order chi connectivity index (χ0) is 16.0. The fraction of sp³-hybridized carbons (Fsp3) is 0.0769. The molecule has 9 nitrogen and oxygen atoms in total. The van der Waals surface area contributed by atoms with Crippen LogP contribution in [0, 0.1) is 10.1 Å². The van der Waals surface area contributed by atoms with Gasteiger partial charge in [-0.3, -0.25) is 4.79 Å². The minimum atomic E-state index is -0.606. The Morgan fingerprint density at radius 1 is 1.41 bits per heavy atom. The van der Waals surface area contributed by atoms with E-state index < -0.39 is 22.2 Å². The normalized spacial score (nSPS) is 15.0. The van der Waals surface area contributed by atoms with Crippen LogP contribution in [0.5, 0.6) is 17.2 Å². The summed E-state index contributed by atoms with van der Waals surface area (Å²) in [4.78, 5) is 26.2. The van der Waals surface area contributed by atoms with Crippen molar-refractivity contribution in [3.8, 4) is 17.2 Å². The van der Waals surface area contributed by atoms with Crippen LogP contribution >= 0.6 is 0 Å². The number of imidazole rings is 1. The van der Waals surface area contributed by atoms with Gasteiger partial charge in [-0.25, -0.2) is 9.55 Å². The van der Waals surface area contributed by atoms with Gasteiger partial charge in [-0.2, -0.15) is 0 Å². The maximum absolute atomic E-state index is 12.2. The molecule has 2 N–H and O–H groups in total. The lowest BCUT2D eigenvalue weighted by Crippen LogP contribution is -2.02. The van der Waals surface area contributed by atoms with Gasteiger partial charge in [-0.15, -0.1) is 0 Å². The van der Waals surface area contributed by atoms with Gasteiger partial charge in [0.1, 0.15) is 6.20 Å². The van der Waals surface area contributed by atoms with E-state index in [0.717, 1.165) is 6.20 Å². The van der Waals surface area contributed by atoms with Gasteiger partial charge in [0.15, 0.2) is 17.3 Å². The Kier molecular flexibility index (Phi) is 2.84. The summed E-state index contributed by atoms with van der Waals surface area (Å²) in [5.74, 6) is -1.88. The molecular weight excluding hydrogens is 294 g/mol. The van der Waals surface area contributed by atoms with Crippen molar-refractivity contribution in [3.63, 3.8) is 0 Å². The summed E-state index contributed by atoms with van der Waals surface area (Å²) in [5, 5.41) is 29.9. The predicted molar refractivity (Wildman–Crippen MR) is 72.6 cm³/mol. The van der Waals surface area contributed by atoms with Crippen molar-refractivity contribution in [1.29, 1.82) is 0 Å². The van der Waals surface area contributed by atoms with Crippen LogP contribution in [0.2, 0.25) is 0 Å². The standard InChI is InChI=1S/C13H9N3O6/c1-15-9(14-5-10(15)16(20)21)4-8-11(18)6-2-3-7(17)12(19)13(6)22-8/h2-5,17,19H,1H3. The summed E-state index contributed by atoms with van der Waals surface area (Å²) in [6, 6.07) is 2.48. The zero-order valence-corrected chi connectivity index (χ0v) is 11.2. The highest BCUT2D eigenvalue weighted by atomic mass is 16.6. The van der Waals surface area contributed by atoms with Crippen molar-refractivity contribution in [2.75, 3.05) is 0 Å². The number of fused-ring (bicyclic) bond motifs is 1. The van der Waals surface area contributed by atoms with Crippen molar-refractivity contribution in [3.05, 3.63) is 45.6 Å². The number of hydrogen-bond donors (Lipinski definition) is 2. The number of phenols is 2. The number of carbonyl (C=O) groups excluding carboxylic acids is 1. The molecule has 9 heteroatoms. The molecule has 22 heavy (non-hydrogen) atoms. The second-order valence-electron chi connectivity index (χ2n) is 4.54. The molecule has 0 aliphatic carbocycles. The van der Waals surface area contributed by atoms with Gasteiger partial charge in [0.25, 0.3) is 0 Å². The number of phenolic OH excluding ortho intramolecular Hbond substituents is 2. The van der Waals surface area contributed by atoms with Crippen LogP contribution in [0.3, 0.4) is 0 Å². The molecule has 0 spiro atoms. The molecule has 0 radical (unpaired) electrons. The topological polar surface area (TPSA) is 128 Å². The third-order valence-corrected chi connectivity index (χ3v) is 3.24. The van der Waals surface area contributed by atoms with Gasteiger partial charge >= 0.3 is 5.82 Å². The van der Waals surface area contributed by atoms with E-state index in [4.69, 9.17) is 4.74 Å². The quantitative estimate of drug-likeness (QED) is 0.371. The Morgan fingerprint density at radius 3 is 2.77 bits per heavy atom. The van der Waals surface area contributed by atoms with Crippen LogP contribution < -0.4 is 4.74 Å². The van der Waals surface area contributed by atoms with E-state index >= 15 is 0 Å². The van der Waals surface area contributed by atoms with Crippen molar-refractivity contribution in [2.24, 2.45) is 7.05 Å². The Labute approximate surface area is 122 Å². The molecular formula is C13H9N3O6. The van der Waals surface area contributed by atoms with E-state index in [-0.39, 0.29) is 28.7 Å². The average molecular weight is 303 g/mol. The SMILES string of the molecule is Cn1c([N+](=O)[O-])cnc1C=C1Oc2c(ccc(O)c2O)C1=O. The first kappa shape index (κ1) is 13.6. The Morgan fingerprint density at radius 2 is 2.14 bits per heavy atom. The molecule has 0 bridgehead atoms. The molecule has 1 aromatic carbocycles. The van der Waals surface area contributed by atoms with Crippen LogP contribution in [0.25, 0.3) is 6.08 Å². The van der Waals surface area contributed by atoms with Crippen LogP contribution in [0.4, 0.5) is 5.82 Å². The number of benzene rings is 1. The number of nitro groups is 1. The van der Waals surface area contributed by atoms with Crippen LogP contribution in [0.15, 0.2) is 24.1 Å². The molecule has 3 rings (SSSR count). The highest BCUT2D eigenvalue weighted by Gasteiger charge is 2.32. The molecule has 2 heterocycles. The fourth-order valence-corrected chi connectivity index (χ4v) is 2.06. The number of rotatable bonds is 2. The summed E-state index contributed by atoms with van der Waals surface area (Å²) >= 11 is 0. The van der Waals surface area contributed by atoms with Gasteiger partial charge in [0.2, 0.25) is 17.4 Å². The third kappa shape index (κ3) is 1.87. The van der Waals surface area contributed by atoms with E-state index in [9.17, 15) is 25.1 Å². The monoisotopic (exact) mass is 303 g/mol. The van der Waals surface area contributed by atoms with E-state index in [1.807, 2.05) is 0 Å². The molecule has 1 aliphatic heterocycles. The number of Topliss-reactive ketones (excluding diaryl/α,β-unsaturated/α-hetero) is 1. The average Bonchev–Trinajstić information content (AvgIpc) is 2.98. The van der Waals surface area contributed by atoms with Gasteiger partial charge in [-0.1, -0.05) is 0 Å². The van der Waals surface area contributed by atoms with Crippen LogP contribution in [-0.4, -0.2) is 30.5 Å². The second kappa shape index (κ2) is 4.58. The number of ether oxygens (including phenoxy) is 1. The van der Waals surface area contributed by atoms with E-state index in [2.05, 4.69) is 4.98 Å². The lowest BCUT2D eigenvalue weighted by atomic mass is 10.1. The maximum Gasteiger partial charge on any atom is 0.342 e. The third-order valence-electron chi connectivity index (χ3n) is 3.24. The number of hydrogen-bond acceptors (Lipinski definition) is 7. The molecule has 112 valence electrons. The summed E-state index contributed by atoms with van der Waals surface area (Å²) in [6.45, 7) is 0. The first-order chi connectivity index (χ1) is 10.4. The number of carbonyl (C=O) groups is 1. The second-order valence-corrected chi connectivity index (χ2v) is 4.54. The van der Waals surface area contributed by atoms with E-state index in [1.54, 1.807) is 0 Å². The van der Waals surface area contributed by atoms with Gasteiger partial charge in [-0.05, 0) is 17.1 Å². The molecule has 2 aromatic rings. The van der Waals surface area contributed by atoms with Gasteiger partial charge in [0.05, 0.1) is 18.7 Å². The predicted octanol–water partition coefficient (Wildman–Crippen LogP) is 1.36. The highest BCUT2D eigenvalue weighted by molar-refractivity contribution is 6.15. The summed E-state index contributed by atoms with van der Waals surface area (Å²) in [6.07, 6.45) is 2.29. The minimum Gasteiger partial charge on any atom is -0.504 e. The lowest BCUT2D eigenvalue weighted by Gasteiger charge is -2.02. The van der Waals surface area contributed by atoms with E-state index in [0.29, 0.717) is 0 Å². The molecule has 0 saturated heterocycles. The van der Waals surface area contributed by atoms with Crippen LogP contribution in [0.1, 0.15) is 16.2 Å². The van der Waals surface area contributed by atoms with Crippen molar-refractivity contribution < 1.29 is 24.7 Å². The molecule has 0 unspecified atom stereocenters. The Bertz CT molecular complexity index is 852. The highest BCUT2D eigenvalue weighted by Crippen LogP contribution is 2.44. The van der Waals surface area contributed by atoms with Gasteiger partial charge in [0, 0.05) is 0 Å². The number of nitrogens with zero attached hydrogens (tertiary/aromatic N) is 3. The molecule has 0 atom stereocenters.